The lowest BCUT2D eigenvalue weighted by Crippen LogP contribution is -2.28. The van der Waals surface area contributed by atoms with E-state index in [0.29, 0.717) is 19.6 Å². The van der Waals surface area contributed by atoms with Crippen molar-refractivity contribution in [2.45, 2.75) is 32.5 Å². The minimum Gasteiger partial charge on any atom is -0.378 e. The number of hydrogen-bond acceptors (Lipinski definition) is 3. The fraction of sp³-hybridized carbons (Fsp3) is 0.400. The van der Waals surface area contributed by atoms with E-state index < -0.39 is 0 Å². The van der Waals surface area contributed by atoms with Crippen molar-refractivity contribution >= 4 is 0 Å². The highest BCUT2D eigenvalue weighted by molar-refractivity contribution is 5.18. The third kappa shape index (κ3) is 4.15. The first-order valence-corrected chi connectivity index (χ1v) is 6.68. The standard InChI is InChI=1S/C15H20FN3O/c1-11(7-12-5-3-4-6-15(12)16)17-9-13-8-14(10-20-2)19-18-13/h3-6,8,11,17H,7,9-10H2,1-2H3,(H,18,19)/t11-/m0/s1. The Morgan fingerprint density at radius 1 is 1.40 bits per heavy atom. The highest BCUT2D eigenvalue weighted by Gasteiger charge is 2.08. The second-order valence-electron chi connectivity index (χ2n) is 4.90. The maximum Gasteiger partial charge on any atom is 0.126 e. The minimum absolute atomic E-state index is 0.150. The van der Waals surface area contributed by atoms with Crippen molar-refractivity contribution < 1.29 is 9.13 Å². The Bertz CT molecular complexity index is 541. The Labute approximate surface area is 118 Å². The number of ether oxygens (including phenoxy) is 1. The van der Waals surface area contributed by atoms with Gasteiger partial charge in [0.15, 0.2) is 0 Å². The summed E-state index contributed by atoms with van der Waals surface area (Å²) in [4.78, 5) is 0. The quantitative estimate of drug-likeness (QED) is 0.817. The molecule has 1 aromatic carbocycles. The van der Waals surface area contributed by atoms with Crippen LogP contribution in [0.1, 0.15) is 23.9 Å². The van der Waals surface area contributed by atoms with E-state index in [2.05, 4.69) is 15.5 Å². The van der Waals surface area contributed by atoms with Crippen molar-refractivity contribution in [2.24, 2.45) is 0 Å². The number of benzene rings is 1. The summed E-state index contributed by atoms with van der Waals surface area (Å²) in [7, 11) is 1.65. The van der Waals surface area contributed by atoms with Crippen LogP contribution in [0.5, 0.6) is 0 Å². The first-order chi connectivity index (χ1) is 9.69. The number of rotatable bonds is 7. The van der Waals surface area contributed by atoms with Gasteiger partial charge in [0.05, 0.1) is 18.0 Å². The summed E-state index contributed by atoms with van der Waals surface area (Å²) in [6.45, 7) is 3.21. The molecule has 1 heterocycles. The third-order valence-corrected chi connectivity index (χ3v) is 3.10. The van der Waals surface area contributed by atoms with Crippen molar-refractivity contribution in [3.63, 3.8) is 0 Å². The number of aromatic nitrogens is 2. The second-order valence-corrected chi connectivity index (χ2v) is 4.90. The fourth-order valence-corrected chi connectivity index (χ4v) is 2.07. The number of halogens is 1. The lowest BCUT2D eigenvalue weighted by Gasteiger charge is -2.13. The second kappa shape index (κ2) is 7.17. The number of hydrogen-bond donors (Lipinski definition) is 2. The lowest BCUT2D eigenvalue weighted by molar-refractivity contribution is 0.181. The van der Waals surface area contributed by atoms with Crippen LogP contribution in [0.2, 0.25) is 0 Å². The summed E-state index contributed by atoms with van der Waals surface area (Å²) in [6, 6.07) is 9.01. The molecule has 0 fully saturated rings. The molecule has 0 radical (unpaired) electrons. The summed E-state index contributed by atoms with van der Waals surface area (Å²) >= 11 is 0. The van der Waals surface area contributed by atoms with Crippen LogP contribution in [0.15, 0.2) is 30.3 Å². The van der Waals surface area contributed by atoms with Crippen molar-refractivity contribution in [3.8, 4) is 0 Å². The van der Waals surface area contributed by atoms with E-state index in [9.17, 15) is 4.39 Å². The Balaban J connectivity index is 1.82. The van der Waals surface area contributed by atoms with Gasteiger partial charge in [-0.25, -0.2) is 4.39 Å². The first kappa shape index (κ1) is 14.7. The summed E-state index contributed by atoms with van der Waals surface area (Å²) in [5, 5.41) is 10.4. The number of nitrogens with zero attached hydrogens (tertiary/aromatic N) is 1. The molecule has 0 spiro atoms. The molecule has 1 aromatic heterocycles. The molecular formula is C15H20FN3O. The van der Waals surface area contributed by atoms with Crippen molar-refractivity contribution in [1.82, 2.24) is 15.5 Å². The molecule has 0 saturated heterocycles. The Hall–Kier alpha value is -1.72. The van der Waals surface area contributed by atoms with Crippen LogP contribution in [-0.4, -0.2) is 23.3 Å². The van der Waals surface area contributed by atoms with E-state index in [1.165, 1.54) is 6.07 Å². The van der Waals surface area contributed by atoms with Crippen molar-refractivity contribution in [1.29, 1.82) is 0 Å². The first-order valence-electron chi connectivity index (χ1n) is 6.68. The predicted molar refractivity (Wildman–Crippen MR) is 75.7 cm³/mol. The van der Waals surface area contributed by atoms with E-state index in [4.69, 9.17) is 4.74 Å². The maximum absolute atomic E-state index is 13.5. The summed E-state index contributed by atoms with van der Waals surface area (Å²) in [5.41, 5.74) is 2.61. The summed E-state index contributed by atoms with van der Waals surface area (Å²) in [6.07, 6.45) is 0.655. The van der Waals surface area contributed by atoms with Gasteiger partial charge in [-0.05, 0) is 31.0 Å². The molecule has 0 aliphatic heterocycles. The Morgan fingerprint density at radius 2 is 2.20 bits per heavy atom. The van der Waals surface area contributed by atoms with Crippen LogP contribution in [0, 0.1) is 5.82 Å². The minimum atomic E-state index is -0.150. The van der Waals surface area contributed by atoms with Crippen LogP contribution in [-0.2, 0) is 24.3 Å². The topological polar surface area (TPSA) is 49.9 Å². The van der Waals surface area contributed by atoms with Gasteiger partial charge in [0.2, 0.25) is 0 Å². The van der Waals surface area contributed by atoms with Crippen LogP contribution >= 0.6 is 0 Å². The van der Waals surface area contributed by atoms with Gasteiger partial charge in [-0.1, -0.05) is 18.2 Å². The van der Waals surface area contributed by atoms with Crippen molar-refractivity contribution in [2.75, 3.05) is 7.11 Å². The van der Waals surface area contributed by atoms with Gasteiger partial charge < -0.3 is 10.1 Å². The average Bonchev–Trinajstić information content (AvgIpc) is 2.87. The van der Waals surface area contributed by atoms with E-state index in [0.717, 1.165) is 17.0 Å². The van der Waals surface area contributed by atoms with Gasteiger partial charge in [0.25, 0.3) is 0 Å². The number of methoxy groups -OCH3 is 1. The zero-order chi connectivity index (χ0) is 14.4. The largest absolute Gasteiger partial charge is 0.378 e. The van der Waals surface area contributed by atoms with Gasteiger partial charge in [0, 0.05) is 19.7 Å². The molecule has 0 amide bonds. The molecule has 0 aliphatic rings. The predicted octanol–water partition coefficient (Wildman–Crippen LogP) is 2.42. The number of nitrogens with one attached hydrogen (secondary N) is 2. The van der Waals surface area contributed by atoms with E-state index in [1.807, 2.05) is 25.1 Å². The highest BCUT2D eigenvalue weighted by Crippen LogP contribution is 2.09. The Morgan fingerprint density at radius 3 is 2.95 bits per heavy atom. The van der Waals surface area contributed by atoms with E-state index in [-0.39, 0.29) is 11.9 Å². The normalized spacial score (nSPS) is 12.6. The van der Waals surface area contributed by atoms with Crippen LogP contribution in [0.4, 0.5) is 4.39 Å². The highest BCUT2D eigenvalue weighted by atomic mass is 19.1. The van der Waals surface area contributed by atoms with Gasteiger partial charge in [0.1, 0.15) is 5.82 Å². The van der Waals surface area contributed by atoms with Gasteiger partial charge in [-0.15, -0.1) is 0 Å². The molecule has 4 nitrogen and oxygen atoms in total. The zero-order valence-electron chi connectivity index (χ0n) is 11.8. The van der Waals surface area contributed by atoms with Gasteiger partial charge in [-0.2, -0.15) is 5.10 Å². The van der Waals surface area contributed by atoms with Crippen molar-refractivity contribution in [3.05, 3.63) is 53.1 Å². The average molecular weight is 277 g/mol. The monoisotopic (exact) mass is 277 g/mol. The molecule has 5 heteroatoms. The van der Waals surface area contributed by atoms with Crippen LogP contribution in [0.25, 0.3) is 0 Å². The molecule has 1 atom stereocenters. The third-order valence-electron chi connectivity index (χ3n) is 3.10. The maximum atomic E-state index is 13.5. The molecule has 0 unspecified atom stereocenters. The number of H-pyrrole nitrogens is 1. The molecule has 0 bridgehead atoms. The van der Waals surface area contributed by atoms with Crippen LogP contribution < -0.4 is 5.32 Å². The molecule has 0 aliphatic carbocycles. The molecule has 2 rings (SSSR count). The van der Waals surface area contributed by atoms with Gasteiger partial charge in [-0.3, -0.25) is 5.10 Å². The van der Waals surface area contributed by atoms with E-state index >= 15 is 0 Å². The zero-order valence-corrected chi connectivity index (χ0v) is 11.8. The summed E-state index contributed by atoms with van der Waals surface area (Å²) in [5.74, 6) is -0.150. The summed E-state index contributed by atoms with van der Waals surface area (Å²) < 4.78 is 18.6. The lowest BCUT2D eigenvalue weighted by atomic mass is 10.1. The SMILES string of the molecule is COCc1cc(CN[C@@H](C)Cc2ccccc2F)n[nH]1. The molecule has 2 aromatic rings. The van der Waals surface area contributed by atoms with Gasteiger partial charge >= 0.3 is 0 Å². The smallest absolute Gasteiger partial charge is 0.126 e. The molecular weight excluding hydrogens is 257 g/mol. The molecule has 20 heavy (non-hydrogen) atoms. The van der Waals surface area contributed by atoms with E-state index in [1.54, 1.807) is 13.2 Å². The Kier molecular flexibility index (Phi) is 5.26. The molecule has 0 saturated carbocycles. The molecule has 108 valence electrons. The number of aromatic amines is 1. The van der Waals surface area contributed by atoms with Crippen LogP contribution in [0.3, 0.4) is 0 Å². The molecule has 2 N–H and O–H groups in total. The fourth-order valence-electron chi connectivity index (χ4n) is 2.07.